The second-order valence-electron chi connectivity index (χ2n) is 6.15. The summed E-state index contributed by atoms with van der Waals surface area (Å²) in [6, 6.07) is 7.84. The van der Waals surface area contributed by atoms with Gasteiger partial charge in [0, 0.05) is 6.20 Å². The van der Waals surface area contributed by atoms with Gasteiger partial charge in [-0.2, -0.15) is 5.10 Å². The lowest BCUT2D eigenvalue weighted by Crippen LogP contribution is -2.30. The quantitative estimate of drug-likeness (QED) is 0.643. The van der Waals surface area contributed by atoms with Gasteiger partial charge in [0.15, 0.2) is 0 Å². The normalized spacial score (nSPS) is 23.0. The Labute approximate surface area is 138 Å². The summed E-state index contributed by atoms with van der Waals surface area (Å²) in [5.41, 5.74) is 1.20. The van der Waals surface area contributed by atoms with Gasteiger partial charge in [-0.1, -0.05) is 18.2 Å². The number of carbonyl (C=O) groups is 2. The molecule has 4 rings (SSSR count). The van der Waals surface area contributed by atoms with E-state index in [0.29, 0.717) is 24.2 Å². The monoisotopic (exact) mass is 325 g/mol. The van der Waals surface area contributed by atoms with Crippen LogP contribution in [0.3, 0.4) is 0 Å². The largest absolute Gasteiger partial charge is 0.276 e. The van der Waals surface area contributed by atoms with Crippen molar-refractivity contribution >= 4 is 11.8 Å². The lowest BCUT2D eigenvalue weighted by atomic mass is 9.85. The third-order valence-electron chi connectivity index (χ3n) is 4.64. The van der Waals surface area contributed by atoms with Crippen LogP contribution in [0.1, 0.15) is 18.5 Å². The summed E-state index contributed by atoms with van der Waals surface area (Å²) in [7, 11) is 0. The van der Waals surface area contributed by atoms with Gasteiger partial charge in [0.2, 0.25) is 11.8 Å². The minimum absolute atomic E-state index is 0.116. The summed E-state index contributed by atoms with van der Waals surface area (Å²) in [5, 5.41) is 4.36. The van der Waals surface area contributed by atoms with E-state index in [0.717, 1.165) is 0 Å². The van der Waals surface area contributed by atoms with Gasteiger partial charge in [0.05, 0.1) is 29.8 Å². The molecule has 0 N–H and O–H groups in total. The first-order chi connectivity index (χ1) is 11.6. The van der Waals surface area contributed by atoms with E-state index in [4.69, 9.17) is 0 Å². The predicted octanol–water partition coefficient (Wildman–Crippen LogP) is 2.46. The number of carbonyl (C=O) groups excluding carboxylic acids is 2. The zero-order chi connectivity index (χ0) is 16.7. The second-order valence-corrected chi connectivity index (χ2v) is 6.15. The highest BCUT2D eigenvalue weighted by Crippen LogP contribution is 2.35. The van der Waals surface area contributed by atoms with Gasteiger partial charge in [-0.25, -0.2) is 9.07 Å². The number of amides is 2. The minimum atomic E-state index is -0.342. The molecule has 1 fully saturated rings. The molecule has 2 amide bonds. The summed E-state index contributed by atoms with van der Waals surface area (Å²) in [4.78, 5) is 26.2. The Morgan fingerprint density at radius 3 is 2.46 bits per heavy atom. The number of aromatic nitrogens is 2. The van der Waals surface area contributed by atoms with Gasteiger partial charge in [0.25, 0.3) is 0 Å². The first kappa shape index (κ1) is 14.8. The van der Waals surface area contributed by atoms with Gasteiger partial charge >= 0.3 is 0 Å². The highest BCUT2D eigenvalue weighted by molar-refractivity contribution is 6.05. The molecular formula is C18H16FN3O2. The number of hydrogen-bond acceptors (Lipinski definition) is 3. The molecule has 5 nitrogen and oxygen atoms in total. The first-order valence-corrected chi connectivity index (χ1v) is 7.94. The van der Waals surface area contributed by atoms with Crippen molar-refractivity contribution in [1.29, 1.82) is 0 Å². The maximum Gasteiger partial charge on any atom is 0.233 e. The minimum Gasteiger partial charge on any atom is -0.276 e. The van der Waals surface area contributed by atoms with Crippen molar-refractivity contribution < 1.29 is 14.0 Å². The molecule has 1 aromatic carbocycles. The smallest absolute Gasteiger partial charge is 0.233 e. The molecule has 0 radical (unpaired) electrons. The van der Waals surface area contributed by atoms with E-state index < -0.39 is 0 Å². The van der Waals surface area contributed by atoms with Crippen molar-refractivity contribution in [3.8, 4) is 5.69 Å². The van der Waals surface area contributed by atoms with Gasteiger partial charge in [0.1, 0.15) is 5.82 Å². The van der Waals surface area contributed by atoms with E-state index in [1.165, 1.54) is 21.7 Å². The Bertz CT molecular complexity index is 816. The van der Waals surface area contributed by atoms with Crippen molar-refractivity contribution in [2.45, 2.75) is 19.4 Å². The van der Waals surface area contributed by atoms with Crippen LogP contribution in [0.15, 0.2) is 48.7 Å². The number of hydrogen-bond donors (Lipinski definition) is 0. The van der Waals surface area contributed by atoms with E-state index in [9.17, 15) is 14.0 Å². The average Bonchev–Trinajstić information content (AvgIpc) is 3.15. The summed E-state index contributed by atoms with van der Waals surface area (Å²) in [6.45, 7) is 0.160. The van der Waals surface area contributed by atoms with Crippen LogP contribution < -0.4 is 0 Å². The van der Waals surface area contributed by atoms with Crippen LogP contribution in [0.25, 0.3) is 5.69 Å². The number of halogens is 1. The Morgan fingerprint density at radius 2 is 1.79 bits per heavy atom. The number of rotatable bonds is 3. The van der Waals surface area contributed by atoms with E-state index in [1.807, 2.05) is 12.2 Å². The molecule has 122 valence electrons. The molecule has 1 aromatic heterocycles. The molecule has 0 bridgehead atoms. The van der Waals surface area contributed by atoms with Crippen LogP contribution in [0, 0.1) is 17.7 Å². The number of nitrogens with zero attached hydrogens (tertiary/aromatic N) is 3. The first-order valence-electron chi connectivity index (χ1n) is 7.94. The molecule has 6 heteroatoms. The summed E-state index contributed by atoms with van der Waals surface area (Å²) >= 11 is 0. The van der Waals surface area contributed by atoms with Crippen molar-refractivity contribution in [3.05, 3.63) is 60.2 Å². The Balaban J connectivity index is 1.54. The maximum absolute atomic E-state index is 13.3. The predicted molar refractivity (Wildman–Crippen MR) is 84.4 cm³/mol. The third-order valence-corrected chi connectivity index (χ3v) is 4.64. The van der Waals surface area contributed by atoms with Crippen LogP contribution in [0.5, 0.6) is 0 Å². The summed E-state index contributed by atoms with van der Waals surface area (Å²) in [6.07, 6.45) is 6.89. The zero-order valence-electron chi connectivity index (χ0n) is 12.9. The molecular weight excluding hydrogens is 309 g/mol. The molecule has 0 saturated carbocycles. The van der Waals surface area contributed by atoms with E-state index in [2.05, 4.69) is 5.10 Å². The molecule has 2 unspecified atom stereocenters. The van der Waals surface area contributed by atoms with E-state index in [1.54, 1.807) is 24.4 Å². The van der Waals surface area contributed by atoms with Crippen LogP contribution in [-0.2, 0) is 16.1 Å². The van der Waals surface area contributed by atoms with Gasteiger partial charge in [-0.15, -0.1) is 0 Å². The number of allylic oxidation sites excluding steroid dienone is 2. The fourth-order valence-electron chi connectivity index (χ4n) is 3.40. The Morgan fingerprint density at radius 1 is 1.08 bits per heavy atom. The van der Waals surface area contributed by atoms with Crippen molar-refractivity contribution in [1.82, 2.24) is 14.7 Å². The fourth-order valence-corrected chi connectivity index (χ4v) is 3.40. The lowest BCUT2D eigenvalue weighted by Gasteiger charge is -2.14. The number of fused-ring (bicyclic) bond motifs is 1. The van der Waals surface area contributed by atoms with Crippen LogP contribution in [0.2, 0.25) is 0 Å². The van der Waals surface area contributed by atoms with Crippen molar-refractivity contribution in [2.75, 3.05) is 0 Å². The zero-order valence-corrected chi connectivity index (χ0v) is 12.9. The Hall–Kier alpha value is -2.76. The molecule has 2 heterocycles. The van der Waals surface area contributed by atoms with Gasteiger partial charge in [-0.3, -0.25) is 14.5 Å². The SMILES string of the molecule is O=C1C2CC=CCC2C(=O)N1Cc1ccn(-c2cccc(F)c2)n1. The topological polar surface area (TPSA) is 55.2 Å². The maximum atomic E-state index is 13.3. The third kappa shape index (κ3) is 2.44. The molecule has 2 atom stereocenters. The molecule has 2 aromatic rings. The fraction of sp³-hybridized carbons (Fsp3) is 0.278. The highest BCUT2D eigenvalue weighted by atomic mass is 19.1. The average molecular weight is 325 g/mol. The number of imide groups is 1. The molecule has 1 aliphatic heterocycles. The van der Waals surface area contributed by atoms with Crippen molar-refractivity contribution in [2.24, 2.45) is 11.8 Å². The van der Waals surface area contributed by atoms with Gasteiger partial charge in [-0.05, 0) is 37.1 Å². The highest BCUT2D eigenvalue weighted by Gasteiger charge is 2.47. The standard InChI is InChI=1S/C18H16FN3O2/c19-12-4-3-5-14(10-12)22-9-8-13(20-22)11-21-17(23)15-6-1-2-7-16(15)18(21)24/h1-5,8-10,15-16H,6-7,11H2. The molecule has 1 saturated heterocycles. The number of benzene rings is 1. The van der Waals surface area contributed by atoms with Crippen LogP contribution in [0.4, 0.5) is 4.39 Å². The number of likely N-dealkylation sites (tertiary alicyclic amines) is 1. The second kappa shape index (κ2) is 5.70. The van der Waals surface area contributed by atoms with Gasteiger partial charge < -0.3 is 0 Å². The van der Waals surface area contributed by atoms with E-state index >= 15 is 0 Å². The Kier molecular flexibility index (Phi) is 3.52. The van der Waals surface area contributed by atoms with Crippen LogP contribution in [-0.4, -0.2) is 26.5 Å². The summed E-state index contributed by atoms with van der Waals surface area (Å²) < 4.78 is 14.9. The molecule has 24 heavy (non-hydrogen) atoms. The molecule has 0 spiro atoms. The van der Waals surface area contributed by atoms with Crippen LogP contribution >= 0.6 is 0 Å². The molecule has 2 aliphatic rings. The van der Waals surface area contributed by atoms with E-state index in [-0.39, 0.29) is 36.0 Å². The summed E-state index contributed by atoms with van der Waals surface area (Å²) in [5.74, 6) is -1.03. The molecule has 1 aliphatic carbocycles. The van der Waals surface area contributed by atoms with Crippen molar-refractivity contribution in [3.63, 3.8) is 0 Å². The lowest BCUT2D eigenvalue weighted by molar-refractivity contribution is -0.140.